The van der Waals surface area contributed by atoms with E-state index in [1.807, 2.05) is 0 Å². The van der Waals surface area contributed by atoms with E-state index in [1.165, 1.54) is 0 Å². The number of nitrogens with zero attached hydrogens (tertiary/aromatic N) is 1. The van der Waals surface area contributed by atoms with Gasteiger partial charge in [0.15, 0.2) is 0 Å². The highest BCUT2D eigenvalue weighted by molar-refractivity contribution is 5.74. The van der Waals surface area contributed by atoms with Gasteiger partial charge in [0.2, 0.25) is 0 Å². The van der Waals surface area contributed by atoms with E-state index >= 15 is 0 Å². The zero-order valence-electron chi connectivity index (χ0n) is 9.19. The molecule has 2 aliphatic carbocycles. The van der Waals surface area contributed by atoms with E-state index in [2.05, 4.69) is 4.90 Å². The third-order valence-electron chi connectivity index (χ3n) is 3.25. The highest BCUT2D eigenvalue weighted by atomic mass is 16.5. The summed E-state index contributed by atoms with van der Waals surface area (Å²) in [6.07, 6.45) is 4.46. The third-order valence-corrected chi connectivity index (χ3v) is 3.25. The van der Waals surface area contributed by atoms with Gasteiger partial charge in [-0.05, 0) is 31.6 Å². The number of methoxy groups -OCH3 is 1. The Balaban J connectivity index is 1.96. The van der Waals surface area contributed by atoms with Crippen LogP contribution in [0.2, 0.25) is 0 Å². The molecule has 0 radical (unpaired) electrons. The van der Waals surface area contributed by atoms with Crippen molar-refractivity contribution in [2.24, 2.45) is 5.92 Å². The minimum atomic E-state index is -0.652. The van der Waals surface area contributed by atoms with Crippen molar-refractivity contribution in [3.8, 4) is 0 Å². The summed E-state index contributed by atoms with van der Waals surface area (Å²) >= 11 is 0. The summed E-state index contributed by atoms with van der Waals surface area (Å²) in [4.78, 5) is 13.4. The van der Waals surface area contributed by atoms with Crippen molar-refractivity contribution in [1.82, 2.24) is 4.90 Å². The molecule has 15 heavy (non-hydrogen) atoms. The first kappa shape index (κ1) is 10.9. The lowest BCUT2D eigenvalue weighted by Crippen LogP contribution is -2.45. The van der Waals surface area contributed by atoms with Crippen molar-refractivity contribution in [3.63, 3.8) is 0 Å². The molecule has 2 saturated carbocycles. The molecule has 2 aliphatic rings. The second kappa shape index (κ2) is 4.49. The Hall–Kier alpha value is -0.610. The predicted octanol–water partition coefficient (Wildman–Crippen LogP) is 0.960. The quantitative estimate of drug-likeness (QED) is 0.684. The molecule has 0 spiro atoms. The molecule has 86 valence electrons. The third kappa shape index (κ3) is 2.69. The van der Waals surface area contributed by atoms with Crippen LogP contribution in [0.4, 0.5) is 0 Å². The van der Waals surface area contributed by atoms with Crippen molar-refractivity contribution in [1.29, 1.82) is 0 Å². The monoisotopic (exact) mass is 213 g/mol. The number of hydrogen-bond donors (Lipinski definition) is 1. The molecule has 1 N–H and O–H groups in total. The van der Waals surface area contributed by atoms with E-state index in [-0.39, 0.29) is 6.04 Å². The minimum Gasteiger partial charge on any atom is -0.480 e. The Labute approximate surface area is 90.2 Å². The second-order valence-electron chi connectivity index (χ2n) is 4.58. The van der Waals surface area contributed by atoms with Crippen LogP contribution in [0.15, 0.2) is 0 Å². The van der Waals surface area contributed by atoms with Crippen LogP contribution in [0.25, 0.3) is 0 Å². The maximum atomic E-state index is 11.2. The molecule has 0 amide bonds. The summed E-state index contributed by atoms with van der Waals surface area (Å²) < 4.78 is 5.05. The van der Waals surface area contributed by atoms with Crippen LogP contribution >= 0.6 is 0 Å². The molecular formula is C11H19NO3. The summed E-state index contributed by atoms with van der Waals surface area (Å²) in [5.74, 6) is -0.263. The number of hydrogen-bond acceptors (Lipinski definition) is 3. The van der Waals surface area contributed by atoms with Gasteiger partial charge in [0.05, 0.1) is 6.61 Å². The highest BCUT2D eigenvalue weighted by Gasteiger charge is 2.45. The summed E-state index contributed by atoms with van der Waals surface area (Å²) in [6, 6.07) is 0.245. The van der Waals surface area contributed by atoms with Crippen molar-refractivity contribution >= 4 is 5.97 Å². The number of ether oxygens (including phenoxy) is 1. The smallest absolute Gasteiger partial charge is 0.321 e. The molecule has 4 heteroatoms. The topological polar surface area (TPSA) is 49.8 Å². The van der Waals surface area contributed by atoms with Crippen LogP contribution < -0.4 is 0 Å². The SMILES string of the molecule is COCCN(C1CC1)C(C(=O)O)C1CC1. The van der Waals surface area contributed by atoms with Crippen LogP contribution in [0.3, 0.4) is 0 Å². The maximum Gasteiger partial charge on any atom is 0.321 e. The molecule has 0 aromatic heterocycles. The van der Waals surface area contributed by atoms with E-state index in [0.717, 1.165) is 32.2 Å². The van der Waals surface area contributed by atoms with Crippen LogP contribution in [0, 0.1) is 5.92 Å². The Morgan fingerprint density at radius 2 is 2.13 bits per heavy atom. The average Bonchev–Trinajstić information content (AvgIpc) is 3.01. The molecule has 0 bridgehead atoms. The van der Waals surface area contributed by atoms with E-state index in [4.69, 9.17) is 4.74 Å². The fourth-order valence-corrected chi connectivity index (χ4v) is 2.18. The first-order valence-electron chi connectivity index (χ1n) is 5.71. The molecule has 2 rings (SSSR count). The second-order valence-corrected chi connectivity index (χ2v) is 4.58. The van der Waals surface area contributed by atoms with Gasteiger partial charge in [0.1, 0.15) is 6.04 Å². The van der Waals surface area contributed by atoms with Crippen molar-refractivity contribution in [2.45, 2.75) is 37.8 Å². The van der Waals surface area contributed by atoms with Crippen molar-refractivity contribution in [2.75, 3.05) is 20.3 Å². The van der Waals surface area contributed by atoms with Crippen LogP contribution in [-0.4, -0.2) is 48.3 Å². The fourth-order valence-electron chi connectivity index (χ4n) is 2.18. The standard InChI is InChI=1S/C11H19NO3/c1-15-7-6-12(9-4-5-9)10(11(13)14)8-2-3-8/h8-10H,2-7H2,1H3,(H,13,14). The van der Waals surface area contributed by atoms with Gasteiger partial charge in [-0.1, -0.05) is 0 Å². The summed E-state index contributed by atoms with van der Waals surface area (Å²) in [5.41, 5.74) is 0. The Kier molecular flexibility index (Phi) is 3.26. The van der Waals surface area contributed by atoms with Gasteiger partial charge in [-0.25, -0.2) is 0 Å². The molecule has 2 fully saturated rings. The molecule has 0 saturated heterocycles. The Morgan fingerprint density at radius 3 is 2.53 bits per heavy atom. The van der Waals surface area contributed by atoms with E-state index in [9.17, 15) is 9.90 Å². The number of aliphatic carboxylic acids is 1. The van der Waals surface area contributed by atoms with Gasteiger partial charge in [0.25, 0.3) is 0 Å². The van der Waals surface area contributed by atoms with Gasteiger partial charge in [-0.15, -0.1) is 0 Å². The van der Waals surface area contributed by atoms with Gasteiger partial charge in [0, 0.05) is 19.7 Å². The molecule has 0 aromatic carbocycles. The molecule has 0 aliphatic heterocycles. The van der Waals surface area contributed by atoms with Gasteiger partial charge in [-0.3, -0.25) is 9.69 Å². The average molecular weight is 213 g/mol. The van der Waals surface area contributed by atoms with Crippen molar-refractivity contribution in [3.05, 3.63) is 0 Å². The number of carboxylic acid groups (broad SMARTS) is 1. The lowest BCUT2D eigenvalue weighted by molar-refractivity contribution is -0.144. The van der Waals surface area contributed by atoms with Gasteiger partial charge < -0.3 is 9.84 Å². The van der Waals surface area contributed by atoms with E-state index in [0.29, 0.717) is 18.6 Å². The van der Waals surface area contributed by atoms with Gasteiger partial charge >= 0.3 is 5.97 Å². The molecular weight excluding hydrogens is 194 g/mol. The van der Waals surface area contributed by atoms with Crippen molar-refractivity contribution < 1.29 is 14.6 Å². The fraction of sp³-hybridized carbons (Fsp3) is 0.909. The summed E-state index contributed by atoms with van der Waals surface area (Å²) in [5, 5.41) is 9.25. The number of carbonyl (C=O) groups is 1. The molecule has 0 aromatic rings. The lowest BCUT2D eigenvalue weighted by atomic mass is 10.1. The summed E-state index contributed by atoms with van der Waals surface area (Å²) in [7, 11) is 1.66. The minimum absolute atomic E-state index is 0.257. The molecule has 1 atom stereocenters. The summed E-state index contributed by atoms with van der Waals surface area (Å²) in [6.45, 7) is 1.39. The zero-order chi connectivity index (χ0) is 10.8. The van der Waals surface area contributed by atoms with Gasteiger partial charge in [-0.2, -0.15) is 0 Å². The zero-order valence-corrected chi connectivity index (χ0v) is 9.19. The first-order valence-corrected chi connectivity index (χ1v) is 5.71. The van der Waals surface area contributed by atoms with Crippen LogP contribution in [-0.2, 0) is 9.53 Å². The lowest BCUT2D eigenvalue weighted by Gasteiger charge is -2.28. The Bertz CT molecular complexity index is 236. The van der Waals surface area contributed by atoms with Crippen LogP contribution in [0.1, 0.15) is 25.7 Å². The largest absolute Gasteiger partial charge is 0.480 e. The normalized spacial score (nSPS) is 23.1. The predicted molar refractivity (Wildman–Crippen MR) is 55.8 cm³/mol. The molecule has 0 heterocycles. The Morgan fingerprint density at radius 1 is 1.47 bits per heavy atom. The maximum absolute atomic E-state index is 11.2. The van der Waals surface area contributed by atoms with E-state index in [1.54, 1.807) is 7.11 Å². The highest BCUT2D eigenvalue weighted by Crippen LogP contribution is 2.39. The number of carboxylic acids is 1. The first-order chi connectivity index (χ1) is 7.24. The van der Waals surface area contributed by atoms with E-state index < -0.39 is 5.97 Å². The molecule has 1 unspecified atom stereocenters. The molecule has 4 nitrogen and oxygen atoms in total. The number of rotatable bonds is 7. The van der Waals surface area contributed by atoms with Crippen LogP contribution in [0.5, 0.6) is 0 Å².